The molecule has 0 bridgehead atoms. The molecule has 2 rings (SSSR count). The van der Waals surface area contributed by atoms with Gasteiger partial charge in [-0.25, -0.2) is 0 Å². The van der Waals surface area contributed by atoms with Crippen molar-refractivity contribution >= 4 is 23.2 Å². The Morgan fingerprint density at radius 1 is 1.11 bits per heavy atom. The van der Waals surface area contributed by atoms with E-state index in [1.165, 1.54) is 0 Å². The highest BCUT2D eigenvalue weighted by molar-refractivity contribution is 6.28. The Morgan fingerprint density at radius 3 is 2.44 bits per heavy atom. The van der Waals surface area contributed by atoms with Crippen LogP contribution in [0, 0.1) is 0 Å². The van der Waals surface area contributed by atoms with E-state index >= 15 is 0 Å². The van der Waals surface area contributed by atoms with Crippen LogP contribution in [-0.2, 0) is 0 Å². The number of hydrogen-bond acceptors (Lipinski definition) is 1. The van der Waals surface area contributed by atoms with Gasteiger partial charge in [-0.15, -0.1) is 23.2 Å². The first kappa shape index (κ1) is 13.3. The average Bonchev–Trinajstić information content (AvgIpc) is 2.46. The monoisotopic (exact) mass is 280 g/mol. The Morgan fingerprint density at radius 2 is 1.83 bits per heavy atom. The molecule has 0 aliphatic heterocycles. The molecule has 2 aromatic carbocycles. The van der Waals surface area contributed by atoms with Crippen LogP contribution in [0.15, 0.2) is 48.5 Å². The number of ether oxygens (including phenoxy) is 1. The summed E-state index contributed by atoms with van der Waals surface area (Å²) in [6, 6.07) is 16.0. The zero-order valence-electron chi connectivity index (χ0n) is 10.1. The molecule has 0 fully saturated rings. The maximum Gasteiger partial charge on any atom is 0.119 e. The fourth-order valence-corrected chi connectivity index (χ4v) is 2.24. The molecule has 0 aliphatic carbocycles. The Bertz CT molecular complexity index is 511. The van der Waals surface area contributed by atoms with E-state index in [1.807, 2.05) is 36.4 Å². The van der Waals surface area contributed by atoms with Crippen LogP contribution in [0.25, 0.3) is 11.1 Å². The van der Waals surface area contributed by atoms with Crippen molar-refractivity contribution in [2.24, 2.45) is 0 Å². The predicted octanol–water partition coefficient (Wildman–Crippen LogP) is 4.88. The second-order valence-corrected chi connectivity index (χ2v) is 4.78. The predicted molar refractivity (Wildman–Crippen MR) is 77.7 cm³/mol. The van der Waals surface area contributed by atoms with Gasteiger partial charge in [0.2, 0.25) is 0 Å². The highest BCUT2D eigenvalue weighted by Crippen LogP contribution is 2.34. The van der Waals surface area contributed by atoms with Crippen LogP contribution < -0.4 is 4.74 Å². The van der Waals surface area contributed by atoms with Gasteiger partial charge in [0.05, 0.1) is 12.5 Å². The van der Waals surface area contributed by atoms with Gasteiger partial charge in [-0.2, -0.15) is 0 Å². The van der Waals surface area contributed by atoms with Crippen molar-refractivity contribution in [3.63, 3.8) is 0 Å². The summed E-state index contributed by atoms with van der Waals surface area (Å²) in [6.07, 6.45) is 0. The molecule has 18 heavy (non-hydrogen) atoms. The summed E-state index contributed by atoms with van der Waals surface area (Å²) < 4.78 is 5.24. The summed E-state index contributed by atoms with van der Waals surface area (Å²) in [5.41, 5.74) is 3.22. The Hall–Kier alpha value is -1.18. The summed E-state index contributed by atoms with van der Waals surface area (Å²) in [4.78, 5) is 0. The third kappa shape index (κ3) is 2.80. The maximum absolute atomic E-state index is 6.29. The van der Waals surface area contributed by atoms with Crippen LogP contribution in [0.3, 0.4) is 0 Å². The molecule has 94 valence electrons. The molecule has 2 aromatic rings. The third-order valence-electron chi connectivity index (χ3n) is 2.82. The summed E-state index contributed by atoms with van der Waals surface area (Å²) >= 11 is 12.2. The maximum atomic E-state index is 6.29. The van der Waals surface area contributed by atoms with Gasteiger partial charge in [0.1, 0.15) is 5.75 Å². The summed E-state index contributed by atoms with van der Waals surface area (Å²) in [6.45, 7) is 0. The van der Waals surface area contributed by atoms with E-state index in [-0.39, 0.29) is 5.38 Å². The number of rotatable bonds is 4. The van der Waals surface area contributed by atoms with Crippen LogP contribution in [0.5, 0.6) is 5.75 Å². The van der Waals surface area contributed by atoms with Crippen molar-refractivity contribution in [1.29, 1.82) is 0 Å². The van der Waals surface area contributed by atoms with E-state index < -0.39 is 0 Å². The SMILES string of the molecule is COc1ccc(-c2ccccc2)c(C(Cl)CCl)c1. The molecule has 0 amide bonds. The van der Waals surface area contributed by atoms with Crippen molar-refractivity contribution in [1.82, 2.24) is 0 Å². The summed E-state index contributed by atoms with van der Waals surface area (Å²) in [5.74, 6) is 1.16. The largest absolute Gasteiger partial charge is 0.497 e. The lowest BCUT2D eigenvalue weighted by atomic mass is 9.97. The first-order valence-corrected chi connectivity index (χ1v) is 6.66. The lowest BCUT2D eigenvalue weighted by molar-refractivity contribution is 0.414. The van der Waals surface area contributed by atoms with Gasteiger partial charge >= 0.3 is 0 Å². The molecule has 0 N–H and O–H groups in total. The molecule has 0 saturated heterocycles. The molecular weight excluding hydrogens is 267 g/mol. The van der Waals surface area contributed by atoms with Gasteiger partial charge in [0, 0.05) is 5.88 Å². The molecule has 0 heterocycles. The standard InChI is InChI=1S/C15H14Cl2O/c1-18-12-7-8-13(11-5-3-2-4-6-11)14(9-12)15(17)10-16/h2-9,15H,10H2,1H3. The lowest BCUT2D eigenvalue weighted by Gasteiger charge is -2.14. The lowest BCUT2D eigenvalue weighted by Crippen LogP contribution is -1.97. The Labute approximate surface area is 117 Å². The fraction of sp³-hybridized carbons (Fsp3) is 0.200. The quantitative estimate of drug-likeness (QED) is 0.726. The minimum absolute atomic E-state index is 0.225. The van der Waals surface area contributed by atoms with Crippen molar-refractivity contribution in [2.75, 3.05) is 13.0 Å². The van der Waals surface area contributed by atoms with Crippen molar-refractivity contribution in [3.8, 4) is 16.9 Å². The van der Waals surface area contributed by atoms with Crippen LogP contribution in [0.2, 0.25) is 0 Å². The van der Waals surface area contributed by atoms with Gasteiger partial charge in [-0.05, 0) is 28.8 Å². The molecule has 3 heteroatoms. The molecule has 0 spiro atoms. The average molecular weight is 281 g/mol. The normalized spacial score (nSPS) is 12.2. The number of benzene rings is 2. The smallest absolute Gasteiger partial charge is 0.119 e. The topological polar surface area (TPSA) is 9.23 Å². The summed E-state index contributed by atoms with van der Waals surface area (Å²) in [7, 11) is 1.64. The zero-order valence-corrected chi connectivity index (χ0v) is 11.6. The van der Waals surface area contributed by atoms with E-state index in [9.17, 15) is 0 Å². The van der Waals surface area contributed by atoms with Gasteiger partial charge in [0.15, 0.2) is 0 Å². The van der Waals surface area contributed by atoms with E-state index in [2.05, 4.69) is 12.1 Å². The van der Waals surface area contributed by atoms with Crippen molar-refractivity contribution < 1.29 is 4.74 Å². The van der Waals surface area contributed by atoms with E-state index in [0.717, 1.165) is 22.4 Å². The highest BCUT2D eigenvalue weighted by atomic mass is 35.5. The highest BCUT2D eigenvalue weighted by Gasteiger charge is 2.14. The van der Waals surface area contributed by atoms with Gasteiger partial charge in [-0.1, -0.05) is 36.4 Å². The number of alkyl halides is 2. The molecular formula is C15H14Cl2O. The number of methoxy groups -OCH3 is 1. The second-order valence-electron chi connectivity index (χ2n) is 3.94. The minimum atomic E-state index is -0.225. The van der Waals surface area contributed by atoms with E-state index in [0.29, 0.717) is 5.88 Å². The second kappa shape index (κ2) is 6.12. The van der Waals surface area contributed by atoms with Crippen LogP contribution in [0.4, 0.5) is 0 Å². The first-order chi connectivity index (χ1) is 8.76. The first-order valence-electron chi connectivity index (χ1n) is 5.69. The molecule has 0 saturated carbocycles. The van der Waals surface area contributed by atoms with Gasteiger partial charge < -0.3 is 4.74 Å². The molecule has 1 atom stereocenters. The zero-order chi connectivity index (χ0) is 13.0. The van der Waals surface area contributed by atoms with Crippen LogP contribution in [0.1, 0.15) is 10.9 Å². The van der Waals surface area contributed by atoms with Crippen molar-refractivity contribution in [3.05, 3.63) is 54.1 Å². The molecule has 1 unspecified atom stereocenters. The van der Waals surface area contributed by atoms with Gasteiger partial charge in [-0.3, -0.25) is 0 Å². The molecule has 1 nitrogen and oxygen atoms in total. The number of halogens is 2. The molecule has 0 radical (unpaired) electrons. The van der Waals surface area contributed by atoms with E-state index in [4.69, 9.17) is 27.9 Å². The van der Waals surface area contributed by atoms with Gasteiger partial charge in [0.25, 0.3) is 0 Å². The Balaban J connectivity index is 2.53. The minimum Gasteiger partial charge on any atom is -0.497 e. The summed E-state index contributed by atoms with van der Waals surface area (Å²) in [5, 5.41) is -0.225. The third-order valence-corrected chi connectivity index (χ3v) is 3.67. The Kier molecular flexibility index (Phi) is 4.51. The van der Waals surface area contributed by atoms with Crippen LogP contribution in [-0.4, -0.2) is 13.0 Å². The van der Waals surface area contributed by atoms with E-state index in [1.54, 1.807) is 7.11 Å². The van der Waals surface area contributed by atoms with Crippen LogP contribution >= 0.6 is 23.2 Å². The molecule has 0 aliphatic rings. The number of hydrogen-bond donors (Lipinski definition) is 0. The fourth-order valence-electron chi connectivity index (χ4n) is 1.89. The molecule has 0 aromatic heterocycles. The van der Waals surface area contributed by atoms with Crippen molar-refractivity contribution in [2.45, 2.75) is 5.38 Å².